The molecule has 3 aliphatic rings. The van der Waals surface area contributed by atoms with Gasteiger partial charge in [-0.15, -0.1) is 0 Å². The van der Waals surface area contributed by atoms with Gasteiger partial charge in [-0.05, 0) is 37.8 Å². The Hall–Kier alpha value is -1.92. The van der Waals surface area contributed by atoms with Crippen LogP contribution in [0.1, 0.15) is 36.0 Å². The minimum Gasteiger partial charge on any atom is -0.381 e. The van der Waals surface area contributed by atoms with Crippen LogP contribution < -0.4 is 0 Å². The number of carbonyl (C=O) groups excluding carboxylic acids is 2. The van der Waals surface area contributed by atoms with Gasteiger partial charge in [-0.1, -0.05) is 18.2 Å². The maximum atomic E-state index is 13.1. The summed E-state index contributed by atoms with van der Waals surface area (Å²) in [6.45, 7) is 5.34. The molecule has 1 unspecified atom stereocenters. The van der Waals surface area contributed by atoms with Crippen LogP contribution in [0.4, 0.5) is 0 Å². The molecule has 146 valence electrons. The molecular weight excluding hydrogens is 342 g/mol. The zero-order valence-electron chi connectivity index (χ0n) is 15.9. The van der Waals surface area contributed by atoms with Crippen molar-refractivity contribution in [3.8, 4) is 0 Å². The van der Waals surface area contributed by atoms with E-state index < -0.39 is 0 Å². The Kier molecular flexibility index (Phi) is 5.74. The summed E-state index contributed by atoms with van der Waals surface area (Å²) >= 11 is 0. The second kappa shape index (κ2) is 8.40. The molecular formula is C21H29N3O3. The first-order chi connectivity index (χ1) is 13.2. The molecule has 6 nitrogen and oxygen atoms in total. The van der Waals surface area contributed by atoms with Gasteiger partial charge in [0.15, 0.2) is 0 Å². The smallest absolute Gasteiger partial charge is 0.253 e. The molecule has 3 saturated heterocycles. The number of piperazine rings is 1. The number of ether oxygens (including phenoxy) is 1. The summed E-state index contributed by atoms with van der Waals surface area (Å²) in [4.78, 5) is 32.1. The molecule has 4 rings (SSSR count). The number of hydrogen-bond donors (Lipinski definition) is 0. The molecule has 3 heterocycles. The van der Waals surface area contributed by atoms with Crippen LogP contribution in [0.2, 0.25) is 0 Å². The first-order valence-corrected chi connectivity index (χ1v) is 10.2. The average molecular weight is 371 g/mol. The highest BCUT2D eigenvalue weighted by Gasteiger charge is 2.38. The van der Waals surface area contributed by atoms with Gasteiger partial charge in [-0.2, -0.15) is 0 Å². The highest BCUT2D eigenvalue weighted by Crippen LogP contribution is 2.24. The Morgan fingerprint density at radius 1 is 0.926 bits per heavy atom. The number of hydrogen-bond acceptors (Lipinski definition) is 4. The fourth-order valence-electron chi connectivity index (χ4n) is 4.58. The number of carbonyl (C=O) groups is 2. The average Bonchev–Trinajstić information content (AvgIpc) is 2.75. The number of rotatable bonds is 3. The zero-order chi connectivity index (χ0) is 18.6. The van der Waals surface area contributed by atoms with E-state index in [-0.39, 0.29) is 17.9 Å². The van der Waals surface area contributed by atoms with Crippen molar-refractivity contribution in [2.75, 3.05) is 45.9 Å². The molecule has 1 atom stereocenters. The van der Waals surface area contributed by atoms with E-state index in [0.717, 1.165) is 64.1 Å². The van der Waals surface area contributed by atoms with E-state index in [2.05, 4.69) is 9.80 Å². The molecule has 2 amide bonds. The van der Waals surface area contributed by atoms with Crippen LogP contribution in [0.5, 0.6) is 0 Å². The van der Waals surface area contributed by atoms with Crippen LogP contribution in [0.15, 0.2) is 30.3 Å². The molecule has 0 radical (unpaired) electrons. The standard InChI is InChI=1S/C21H29N3O3/c25-20(17-5-2-1-3-6-17)23-13-11-22(12-14-23)19-7-4-10-24(21(19)26)18-8-15-27-16-9-18/h1-3,5-6,18-19H,4,7-16H2. The lowest BCUT2D eigenvalue weighted by molar-refractivity contribution is -0.145. The normalized spacial score (nSPS) is 25.6. The van der Waals surface area contributed by atoms with Gasteiger partial charge in [0.1, 0.15) is 0 Å². The molecule has 3 aliphatic heterocycles. The molecule has 27 heavy (non-hydrogen) atoms. The highest BCUT2D eigenvalue weighted by molar-refractivity contribution is 5.94. The summed E-state index contributed by atoms with van der Waals surface area (Å²) in [7, 11) is 0. The molecule has 0 aromatic heterocycles. The maximum absolute atomic E-state index is 13.1. The topological polar surface area (TPSA) is 53.1 Å². The van der Waals surface area contributed by atoms with Crippen LogP contribution in [0.3, 0.4) is 0 Å². The molecule has 3 fully saturated rings. The minimum atomic E-state index is -0.0180. The lowest BCUT2D eigenvalue weighted by Gasteiger charge is -2.45. The third kappa shape index (κ3) is 4.01. The van der Waals surface area contributed by atoms with Gasteiger partial charge < -0.3 is 14.5 Å². The largest absolute Gasteiger partial charge is 0.381 e. The highest BCUT2D eigenvalue weighted by atomic mass is 16.5. The summed E-state index contributed by atoms with van der Waals surface area (Å²) in [6, 6.07) is 9.78. The van der Waals surface area contributed by atoms with E-state index in [1.165, 1.54) is 0 Å². The van der Waals surface area contributed by atoms with Gasteiger partial charge >= 0.3 is 0 Å². The summed E-state index contributed by atoms with van der Waals surface area (Å²) in [5, 5.41) is 0. The summed E-state index contributed by atoms with van der Waals surface area (Å²) in [5.74, 6) is 0.380. The van der Waals surface area contributed by atoms with E-state index in [0.29, 0.717) is 19.1 Å². The molecule has 0 saturated carbocycles. The first-order valence-electron chi connectivity index (χ1n) is 10.2. The van der Waals surface area contributed by atoms with Crippen molar-refractivity contribution in [2.45, 2.75) is 37.8 Å². The van der Waals surface area contributed by atoms with E-state index in [9.17, 15) is 9.59 Å². The molecule has 0 N–H and O–H groups in total. The van der Waals surface area contributed by atoms with Crippen molar-refractivity contribution in [1.29, 1.82) is 0 Å². The number of benzene rings is 1. The quantitative estimate of drug-likeness (QED) is 0.810. The lowest BCUT2D eigenvalue weighted by atomic mass is 9.97. The molecule has 0 bridgehead atoms. The van der Waals surface area contributed by atoms with E-state index >= 15 is 0 Å². The Bertz CT molecular complexity index is 652. The third-order valence-electron chi connectivity index (χ3n) is 6.14. The second-order valence-electron chi connectivity index (χ2n) is 7.73. The SMILES string of the molecule is O=C(c1ccccc1)N1CCN(C2CCCN(C3CCOCC3)C2=O)CC1. The Morgan fingerprint density at radius 2 is 1.63 bits per heavy atom. The van der Waals surface area contributed by atoms with Gasteiger partial charge in [0.2, 0.25) is 5.91 Å². The lowest BCUT2D eigenvalue weighted by Crippen LogP contribution is -2.60. The Labute approximate surface area is 161 Å². The first kappa shape index (κ1) is 18.4. The molecule has 6 heteroatoms. The summed E-state index contributed by atoms with van der Waals surface area (Å²) in [5.41, 5.74) is 0.741. The van der Waals surface area contributed by atoms with Crippen LogP contribution in [0.25, 0.3) is 0 Å². The van der Waals surface area contributed by atoms with Crippen molar-refractivity contribution in [2.24, 2.45) is 0 Å². The van der Waals surface area contributed by atoms with Gasteiger partial charge in [0.25, 0.3) is 5.91 Å². The van der Waals surface area contributed by atoms with E-state index in [1.54, 1.807) is 0 Å². The monoisotopic (exact) mass is 371 g/mol. The molecule has 1 aromatic rings. The van der Waals surface area contributed by atoms with E-state index in [1.807, 2.05) is 35.2 Å². The minimum absolute atomic E-state index is 0.0180. The van der Waals surface area contributed by atoms with Crippen molar-refractivity contribution in [3.05, 3.63) is 35.9 Å². The van der Waals surface area contributed by atoms with Gasteiger partial charge in [-0.3, -0.25) is 14.5 Å². The summed E-state index contributed by atoms with van der Waals surface area (Å²) < 4.78 is 5.45. The number of nitrogens with zero attached hydrogens (tertiary/aromatic N) is 3. The predicted molar refractivity (Wildman–Crippen MR) is 102 cm³/mol. The Morgan fingerprint density at radius 3 is 2.33 bits per heavy atom. The number of likely N-dealkylation sites (tertiary alicyclic amines) is 1. The summed E-state index contributed by atoms with van der Waals surface area (Å²) in [6.07, 6.45) is 3.91. The zero-order valence-corrected chi connectivity index (χ0v) is 15.9. The van der Waals surface area contributed by atoms with Gasteiger partial charge in [0, 0.05) is 57.5 Å². The maximum Gasteiger partial charge on any atom is 0.253 e. The second-order valence-corrected chi connectivity index (χ2v) is 7.73. The van der Waals surface area contributed by atoms with Crippen molar-refractivity contribution >= 4 is 11.8 Å². The third-order valence-corrected chi connectivity index (χ3v) is 6.14. The fraction of sp³-hybridized carbons (Fsp3) is 0.619. The van der Waals surface area contributed by atoms with Crippen LogP contribution in [-0.2, 0) is 9.53 Å². The van der Waals surface area contributed by atoms with Crippen molar-refractivity contribution in [1.82, 2.24) is 14.7 Å². The molecule has 0 spiro atoms. The van der Waals surface area contributed by atoms with Crippen molar-refractivity contribution < 1.29 is 14.3 Å². The van der Waals surface area contributed by atoms with Crippen molar-refractivity contribution in [3.63, 3.8) is 0 Å². The molecule has 1 aromatic carbocycles. The number of piperidine rings is 1. The predicted octanol–water partition coefficient (Wildman–Crippen LogP) is 1.61. The van der Waals surface area contributed by atoms with E-state index in [4.69, 9.17) is 4.74 Å². The van der Waals surface area contributed by atoms with Crippen LogP contribution in [0, 0.1) is 0 Å². The van der Waals surface area contributed by atoms with Gasteiger partial charge in [0.05, 0.1) is 6.04 Å². The van der Waals surface area contributed by atoms with Gasteiger partial charge in [-0.25, -0.2) is 0 Å². The number of amides is 2. The van der Waals surface area contributed by atoms with Crippen LogP contribution in [-0.4, -0.2) is 84.5 Å². The molecule has 0 aliphatic carbocycles. The fourth-order valence-corrected chi connectivity index (χ4v) is 4.58. The van der Waals surface area contributed by atoms with Crippen LogP contribution >= 0.6 is 0 Å². The Balaban J connectivity index is 1.34.